The quantitative estimate of drug-likeness (QED) is 0.824. The molecule has 2 nitrogen and oxygen atoms in total. The van der Waals surface area contributed by atoms with Gasteiger partial charge in [0.15, 0.2) is 12.0 Å². The summed E-state index contributed by atoms with van der Waals surface area (Å²) in [6.45, 7) is 0. The minimum atomic E-state index is -4.44. The number of alkyl halides is 3. The van der Waals surface area contributed by atoms with Crippen LogP contribution in [0, 0.1) is 0 Å². The zero-order valence-corrected chi connectivity index (χ0v) is 9.18. The Labute approximate surface area is 99.2 Å². The van der Waals surface area contributed by atoms with Gasteiger partial charge in [-0.15, -0.1) is 0 Å². The Bertz CT molecular complexity index is 540. The zero-order chi connectivity index (χ0) is 12.5. The van der Waals surface area contributed by atoms with Crippen LogP contribution in [0.4, 0.5) is 13.2 Å². The number of benzene rings is 2. The summed E-state index contributed by atoms with van der Waals surface area (Å²) in [5.74, 6) is 0.142. The van der Waals surface area contributed by atoms with E-state index in [0.29, 0.717) is 5.39 Å². The minimum Gasteiger partial charge on any atom is -0.508 e. The van der Waals surface area contributed by atoms with E-state index >= 15 is 0 Å². The summed E-state index contributed by atoms with van der Waals surface area (Å²) in [6, 6.07) is 9.14. The van der Waals surface area contributed by atoms with Gasteiger partial charge in [0, 0.05) is 0 Å². The molecule has 17 heavy (non-hydrogen) atoms. The van der Waals surface area contributed by atoms with E-state index in [1.807, 2.05) is 0 Å². The van der Waals surface area contributed by atoms with Crippen molar-refractivity contribution in [3.05, 3.63) is 36.4 Å². The molecule has 2 aromatic carbocycles. The zero-order valence-electron chi connectivity index (χ0n) is 8.36. The second kappa shape index (κ2) is 4.37. The first-order chi connectivity index (χ1) is 7.94. The lowest BCUT2D eigenvalue weighted by Gasteiger charge is -2.07. The van der Waals surface area contributed by atoms with Crippen molar-refractivity contribution in [1.82, 2.24) is 0 Å². The van der Waals surface area contributed by atoms with Gasteiger partial charge in [-0.25, -0.2) is 0 Å². The van der Waals surface area contributed by atoms with Crippen LogP contribution in [-0.4, -0.2) is 10.6 Å². The molecule has 1 N–H and O–H groups in total. The highest BCUT2D eigenvalue weighted by molar-refractivity contribution is 7.95. The lowest BCUT2D eigenvalue weighted by Crippen LogP contribution is -2.02. The third-order valence-corrected chi connectivity index (χ3v) is 2.49. The fourth-order valence-electron chi connectivity index (χ4n) is 1.36. The summed E-state index contributed by atoms with van der Waals surface area (Å²) in [7, 11) is 0. The van der Waals surface area contributed by atoms with Crippen LogP contribution in [0.25, 0.3) is 10.8 Å². The Kier molecular flexibility index (Phi) is 3.06. The number of phenolic OH excluding ortho intramolecular Hbond substituents is 1. The van der Waals surface area contributed by atoms with Crippen molar-refractivity contribution in [3.63, 3.8) is 0 Å². The van der Waals surface area contributed by atoms with Gasteiger partial charge in [0.1, 0.15) is 11.5 Å². The highest BCUT2D eigenvalue weighted by atomic mass is 32.2. The Morgan fingerprint density at radius 3 is 2.41 bits per heavy atom. The molecule has 0 saturated carbocycles. The second-order valence-electron chi connectivity index (χ2n) is 3.31. The molecular formula is C11H7F3O2S. The average Bonchev–Trinajstić information content (AvgIpc) is 2.24. The predicted octanol–water partition coefficient (Wildman–Crippen LogP) is 4.09. The molecule has 0 amide bonds. The summed E-state index contributed by atoms with van der Waals surface area (Å²) < 4.78 is 40.3. The summed E-state index contributed by atoms with van der Waals surface area (Å²) in [5.41, 5.74) is -4.44. The normalized spacial score (nSPS) is 11.7. The minimum absolute atomic E-state index is 0.0538. The van der Waals surface area contributed by atoms with Gasteiger partial charge >= 0.3 is 5.51 Å². The van der Waals surface area contributed by atoms with Crippen molar-refractivity contribution < 1.29 is 22.5 Å². The summed E-state index contributed by atoms with van der Waals surface area (Å²) in [6.07, 6.45) is 0. The Hall–Kier alpha value is -1.56. The number of rotatable bonds is 2. The first-order valence-electron chi connectivity index (χ1n) is 4.59. The number of phenols is 1. The molecule has 6 heteroatoms. The lowest BCUT2D eigenvalue weighted by atomic mass is 10.1. The second-order valence-corrected chi connectivity index (χ2v) is 4.10. The summed E-state index contributed by atoms with van der Waals surface area (Å²) in [5, 5.41) is 10.7. The number of halogens is 3. The van der Waals surface area contributed by atoms with E-state index in [4.69, 9.17) is 0 Å². The smallest absolute Gasteiger partial charge is 0.479 e. The van der Waals surface area contributed by atoms with Crippen LogP contribution in [0.2, 0.25) is 0 Å². The van der Waals surface area contributed by atoms with Crippen LogP contribution < -0.4 is 4.18 Å². The van der Waals surface area contributed by atoms with Crippen LogP contribution in [-0.2, 0) is 0 Å². The Morgan fingerprint density at radius 2 is 1.71 bits per heavy atom. The van der Waals surface area contributed by atoms with E-state index in [-0.39, 0.29) is 11.5 Å². The lowest BCUT2D eigenvalue weighted by molar-refractivity contribution is -0.0369. The summed E-state index contributed by atoms with van der Waals surface area (Å²) >= 11 is -0.563. The molecule has 0 unspecified atom stereocenters. The van der Waals surface area contributed by atoms with E-state index < -0.39 is 17.6 Å². The molecule has 0 aliphatic rings. The van der Waals surface area contributed by atoms with Gasteiger partial charge in [-0.1, -0.05) is 12.1 Å². The largest absolute Gasteiger partial charge is 0.508 e. The van der Waals surface area contributed by atoms with Crippen LogP contribution in [0.15, 0.2) is 36.4 Å². The maximum absolute atomic E-state index is 11.9. The van der Waals surface area contributed by atoms with E-state index in [2.05, 4.69) is 4.18 Å². The Morgan fingerprint density at radius 1 is 1.00 bits per heavy atom. The number of hydrogen-bond acceptors (Lipinski definition) is 3. The van der Waals surface area contributed by atoms with Gasteiger partial charge in [0.05, 0.1) is 0 Å². The molecule has 0 aliphatic heterocycles. The van der Waals surface area contributed by atoms with E-state index in [1.165, 1.54) is 24.3 Å². The molecule has 0 aliphatic carbocycles. The van der Waals surface area contributed by atoms with Gasteiger partial charge < -0.3 is 9.29 Å². The summed E-state index contributed by atoms with van der Waals surface area (Å²) in [4.78, 5) is 0. The molecule has 0 spiro atoms. The molecule has 0 heterocycles. The molecule has 2 aromatic rings. The van der Waals surface area contributed by atoms with Gasteiger partial charge in [0.25, 0.3) is 0 Å². The van der Waals surface area contributed by atoms with Crippen molar-refractivity contribution >= 4 is 22.8 Å². The van der Waals surface area contributed by atoms with E-state index in [9.17, 15) is 18.3 Å². The van der Waals surface area contributed by atoms with Gasteiger partial charge in [-0.3, -0.25) is 0 Å². The number of aromatic hydroxyl groups is 1. The third kappa shape index (κ3) is 3.20. The van der Waals surface area contributed by atoms with Crippen LogP contribution >= 0.6 is 12.0 Å². The van der Waals surface area contributed by atoms with Crippen molar-refractivity contribution in [2.45, 2.75) is 5.51 Å². The first kappa shape index (κ1) is 11.9. The molecule has 0 atom stereocenters. The van der Waals surface area contributed by atoms with Crippen LogP contribution in [0.5, 0.6) is 11.5 Å². The highest BCUT2D eigenvalue weighted by Gasteiger charge is 2.31. The molecule has 0 aromatic heterocycles. The van der Waals surface area contributed by atoms with Crippen molar-refractivity contribution in [2.75, 3.05) is 0 Å². The fourth-order valence-corrected chi connectivity index (χ4v) is 1.65. The van der Waals surface area contributed by atoms with Gasteiger partial charge in [-0.2, -0.15) is 13.2 Å². The fraction of sp³-hybridized carbons (Fsp3) is 0.0909. The third-order valence-electron chi connectivity index (χ3n) is 2.03. The van der Waals surface area contributed by atoms with Crippen molar-refractivity contribution in [1.29, 1.82) is 0 Å². The molecule has 0 bridgehead atoms. The monoisotopic (exact) mass is 260 g/mol. The molecule has 0 saturated heterocycles. The van der Waals surface area contributed by atoms with Crippen molar-refractivity contribution in [3.8, 4) is 11.5 Å². The highest BCUT2D eigenvalue weighted by Crippen LogP contribution is 2.33. The first-order valence-corrected chi connectivity index (χ1v) is 5.33. The van der Waals surface area contributed by atoms with Crippen LogP contribution in [0.3, 0.4) is 0 Å². The molecule has 90 valence electrons. The van der Waals surface area contributed by atoms with E-state index in [1.54, 1.807) is 12.1 Å². The van der Waals surface area contributed by atoms with E-state index in [0.717, 1.165) is 5.39 Å². The number of fused-ring (bicyclic) bond motifs is 1. The molecular weight excluding hydrogens is 253 g/mol. The maximum atomic E-state index is 11.9. The van der Waals surface area contributed by atoms with Gasteiger partial charge in [-0.05, 0) is 35.0 Å². The SMILES string of the molecule is Oc1ccc2ccc(OSC(F)(F)F)cc2c1. The molecule has 0 fully saturated rings. The average molecular weight is 260 g/mol. The van der Waals surface area contributed by atoms with Crippen molar-refractivity contribution in [2.24, 2.45) is 0 Å². The topological polar surface area (TPSA) is 29.5 Å². The Balaban J connectivity index is 2.25. The molecule has 0 radical (unpaired) electrons. The predicted molar refractivity (Wildman–Crippen MR) is 59.9 cm³/mol. The number of hydrogen-bond donors (Lipinski definition) is 1. The maximum Gasteiger partial charge on any atom is 0.479 e. The standard InChI is InChI=1S/C11H7F3O2S/c12-11(13,14)17-16-10-4-2-7-1-3-9(15)5-8(7)6-10/h1-6,15H. The van der Waals surface area contributed by atoms with Crippen LogP contribution in [0.1, 0.15) is 0 Å². The van der Waals surface area contributed by atoms with Gasteiger partial charge in [0.2, 0.25) is 0 Å². The molecule has 2 rings (SSSR count).